The Labute approximate surface area is 148 Å². The molecule has 1 unspecified atom stereocenters. The topological polar surface area (TPSA) is 36.1 Å². The number of fused-ring (bicyclic) bond motifs is 1. The number of hydrogen-bond donors (Lipinski definition) is 1. The molecule has 1 N–H and O–H groups in total. The van der Waals surface area contributed by atoms with Crippen molar-refractivity contribution in [2.75, 3.05) is 6.54 Å². The van der Waals surface area contributed by atoms with Gasteiger partial charge in [-0.15, -0.1) is 0 Å². The zero-order valence-corrected chi connectivity index (χ0v) is 16.2. The van der Waals surface area contributed by atoms with Gasteiger partial charge in [-0.1, -0.05) is 31.6 Å². The molecule has 2 aromatic rings. The highest BCUT2D eigenvalue weighted by Crippen LogP contribution is 2.30. The van der Waals surface area contributed by atoms with E-state index in [0.717, 1.165) is 18.9 Å². The summed E-state index contributed by atoms with van der Waals surface area (Å²) in [6, 6.07) is 6.36. The second-order valence-corrected chi connectivity index (χ2v) is 13.2. The van der Waals surface area contributed by atoms with Gasteiger partial charge in [0.1, 0.15) is 17.3 Å². The molecule has 0 saturated carbocycles. The predicted octanol–water partition coefficient (Wildman–Crippen LogP) is 5.17. The van der Waals surface area contributed by atoms with E-state index in [2.05, 4.69) is 18.1 Å². The molecule has 6 heteroatoms. The van der Waals surface area contributed by atoms with E-state index in [1.165, 1.54) is 30.6 Å². The Morgan fingerprint density at radius 2 is 2.00 bits per heavy atom. The monoisotopic (exact) mass is 364 g/mol. The molecule has 0 bridgehead atoms. The number of aromatic amines is 1. The fraction of sp³-hybridized carbons (Fsp3) is 0.526. The van der Waals surface area contributed by atoms with Crippen molar-refractivity contribution in [2.24, 2.45) is 0 Å². The first-order chi connectivity index (χ1) is 11.8. The summed E-state index contributed by atoms with van der Waals surface area (Å²) in [5.41, 5.74) is 0.661. The number of amides is 1. The number of halogens is 2. The Hall–Kier alpha value is -1.69. The van der Waals surface area contributed by atoms with E-state index in [-0.39, 0.29) is 17.3 Å². The lowest BCUT2D eigenvalue weighted by atomic mass is 10.1. The number of nitrogens with one attached hydrogen (secondary N) is 1. The molecule has 1 aromatic heterocycles. The van der Waals surface area contributed by atoms with Crippen LogP contribution in [0.25, 0.3) is 10.9 Å². The summed E-state index contributed by atoms with van der Waals surface area (Å²) in [5, 5.41) is 0.259. The average Bonchev–Trinajstić information content (AvgIpc) is 2.88. The maximum absolute atomic E-state index is 13.9. The van der Waals surface area contributed by atoms with Gasteiger partial charge >= 0.3 is 0 Å². The van der Waals surface area contributed by atoms with Crippen molar-refractivity contribution >= 4 is 24.9 Å². The highest BCUT2D eigenvalue weighted by atomic mass is 28.3. The van der Waals surface area contributed by atoms with Crippen LogP contribution < -0.4 is 0 Å². The van der Waals surface area contributed by atoms with Crippen LogP contribution in [0.2, 0.25) is 25.2 Å². The SMILES string of the molecule is CCN(C(=O)c1cc2c(F)cc(F)cc2[nH]1)C1CCC[Si](C)(C)CC1. The lowest BCUT2D eigenvalue weighted by molar-refractivity contribution is 0.0671. The summed E-state index contributed by atoms with van der Waals surface area (Å²) >= 11 is 0. The number of hydrogen-bond acceptors (Lipinski definition) is 1. The fourth-order valence-electron chi connectivity index (χ4n) is 3.95. The summed E-state index contributed by atoms with van der Waals surface area (Å²) < 4.78 is 27.3. The lowest BCUT2D eigenvalue weighted by Gasteiger charge is -2.30. The van der Waals surface area contributed by atoms with Crippen LogP contribution in [-0.4, -0.2) is 36.5 Å². The minimum absolute atomic E-state index is 0.120. The molecule has 1 aliphatic heterocycles. The zero-order valence-electron chi connectivity index (χ0n) is 15.2. The first-order valence-corrected chi connectivity index (χ1v) is 12.5. The van der Waals surface area contributed by atoms with Crippen LogP contribution in [0.15, 0.2) is 18.2 Å². The summed E-state index contributed by atoms with van der Waals surface area (Å²) in [4.78, 5) is 17.8. The molecule has 25 heavy (non-hydrogen) atoms. The van der Waals surface area contributed by atoms with Crippen LogP contribution in [0.5, 0.6) is 0 Å². The van der Waals surface area contributed by atoms with E-state index >= 15 is 0 Å². The quantitative estimate of drug-likeness (QED) is 0.750. The molecule has 0 aliphatic carbocycles. The Bertz CT molecular complexity index is 787. The second-order valence-electron chi connectivity index (χ2n) is 7.87. The van der Waals surface area contributed by atoms with Gasteiger partial charge in [-0.3, -0.25) is 4.79 Å². The number of nitrogens with zero attached hydrogens (tertiary/aromatic N) is 1. The third-order valence-corrected chi connectivity index (χ3v) is 8.82. The molecule has 136 valence electrons. The van der Waals surface area contributed by atoms with Gasteiger partial charge in [-0.05, 0) is 31.9 Å². The third-order valence-electron chi connectivity index (χ3n) is 5.47. The summed E-state index contributed by atoms with van der Waals surface area (Å²) in [6.45, 7) is 7.44. The number of aromatic nitrogens is 1. The molecular weight excluding hydrogens is 338 g/mol. The third kappa shape index (κ3) is 3.78. The first-order valence-electron chi connectivity index (χ1n) is 9.09. The molecular formula is C19H26F2N2OSi. The van der Waals surface area contributed by atoms with Crippen molar-refractivity contribution in [3.05, 3.63) is 35.5 Å². The van der Waals surface area contributed by atoms with Crippen LogP contribution in [-0.2, 0) is 0 Å². The molecule has 0 spiro atoms. The van der Waals surface area contributed by atoms with Gasteiger partial charge < -0.3 is 9.88 Å². The number of rotatable bonds is 3. The molecule has 2 heterocycles. The van der Waals surface area contributed by atoms with Crippen molar-refractivity contribution in [1.29, 1.82) is 0 Å². The Morgan fingerprint density at radius 3 is 2.72 bits per heavy atom. The minimum Gasteiger partial charge on any atom is -0.350 e. The average molecular weight is 365 g/mol. The van der Waals surface area contributed by atoms with E-state index < -0.39 is 19.7 Å². The fourth-order valence-corrected chi connectivity index (χ4v) is 6.48. The van der Waals surface area contributed by atoms with Crippen LogP contribution in [0.1, 0.15) is 36.7 Å². The maximum Gasteiger partial charge on any atom is 0.270 e. The molecule has 1 atom stereocenters. The van der Waals surface area contributed by atoms with Gasteiger partial charge in [0.15, 0.2) is 0 Å². The van der Waals surface area contributed by atoms with E-state index in [1.54, 1.807) is 0 Å². The molecule has 1 aromatic carbocycles. The summed E-state index contributed by atoms with van der Waals surface area (Å²) in [7, 11) is -1.13. The zero-order chi connectivity index (χ0) is 18.2. The Balaban J connectivity index is 1.86. The summed E-state index contributed by atoms with van der Waals surface area (Å²) in [5.74, 6) is -1.41. The van der Waals surface area contributed by atoms with E-state index in [4.69, 9.17) is 0 Å². The molecule has 1 amide bonds. The van der Waals surface area contributed by atoms with Crippen LogP contribution in [0, 0.1) is 11.6 Å². The Morgan fingerprint density at radius 1 is 1.24 bits per heavy atom. The molecule has 0 radical (unpaired) electrons. The minimum atomic E-state index is -1.13. The van der Waals surface area contributed by atoms with E-state index in [0.29, 0.717) is 17.8 Å². The lowest BCUT2D eigenvalue weighted by Crippen LogP contribution is -2.40. The van der Waals surface area contributed by atoms with Gasteiger partial charge in [0.25, 0.3) is 5.91 Å². The van der Waals surface area contributed by atoms with Crippen molar-refractivity contribution in [1.82, 2.24) is 9.88 Å². The molecule has 1 saturated heterocycles. The molecule has 1 aliphatic rings. The van der Waals surface area contributed by atoms with Crippen molar-refractivity contribution < 1.29 is 13.6 Å². The molecule has 3 nitrogen and oxygen atoms in total. The van der Waals surface area contributed by atoms with Crippen LogP contribution in [0.4, 0.5) is 8.78 Å². The number of carbonyl (C=O) groups is 1. The summed E-state index contributed by atoms with van der Waals surface area (Å²) in [6.07, 6.45) is 3.24. The van der Waals surface area contributed by atoms with Gasteiger partial charge in [0, 0.05) is 32.1 Å². The highest BCUT2D eigenvalue weighted by molar-refractivity contribution is 6.77. The van der Waals surface area contributed by atoms with Crippen molar-refractivity contribution in [2.45, 2.75) is 57.4 Å². The highest BCUT2D eigenvalue weighted by Gasteiger charge is 2.31. The van der Waals surface area contributed by atoms with Crippen molar-refractivity contribution in [3.8, 4) is 0 Å². The van der Waals surface area contributed by atoms with Gasteiger partial charge in [-0.2, -0.15) is 0 Å². The van der Waals surface area contributed by atoms with Crippen molar-refractivity contribution in [3.63, 3.8) is 0 Å². The first kappa shape index (κ1) is 18.1. The van der Waals surface area contributed by atoms with Gasteiger partial charge in [0.2, 0.25) is 0 Å². The van der Waals surface area contributed by atoms with Gasteiger partial charge in [0.05, 0.1) is 5.52 Å². The maximum atomic E-state index is 13.9. The smallest absolute Gasteiger partial charge is 0.270 e. The standard InChI is InChI=1S/C19H26F2N2OSi/c1-4-23(14-6-5-8-25(2,3)9-7-14)19(24)18-12-15-16(21)10-13(20)11-17(15)22-18/h10-12,14,22H,4-9H2,1-3H3. The Kier molecular flexibility index (Phi) is 5.00. The van der Waals surface area contributed by atoms with E-state index in [9.17, 15) is 13.6 Å². The number of benzene rings is 1. The number of H-pyrrole nitrogens is 1. The van der Waals surface area contributed by atoms with Gasteiger partial charge in [-0.25, -0.2) is 8.78 Å². The normalized spacial score (nSPS) is 20.4. The largest absolute Gasteiger partial charge is 0.350 e. The molecule has 1 fully saturated rings. The van der Waals surface area contributed by atoms with E-state index in [1.807, 2.05) is 11.8 Å². The number of carbonyl (C=O) groups excluding carboxylic acids is 1. The van der Waals surface area contributed by atoms with Crippen LogP contribution in [0.3, 0.4) is 0 Å². The second kappa shape index (κ2) is 6.90. The van der Waals surface area contributed by atoms with Crippen LogP contribution >= 0.6 is 0 Å². The molecule has 3 rings (SSSR count). The predicted molar refractivity (Wildman–Crippen MR) is 99.7 cm³/mol.